The fourth-order valence-corrected chi connectivity index (χ4v) is 2.69. The van der Waals surface area contributed by atoms with Crippen molar-refractivity contribution in [2.45, 2.75) is 37.8 Å². The first kappa shape index (κ1) is 14.4. The Balaban J connectivity index is 2.10. The van der Waals surface area contributed by atoms with Crippen molar-refractivity contribution in [3.8, 4) is 0 Å². The van der Waals surface area contributed by atoms with Crippen LogP contribution in [-0.4, -0.2) is 33.3 Å². The molecule has 1 fully saturated rings. The molecule has 1 aromatic carbocycles. The Hall–Kier alpha value is -1.59. The Bertz CT molecular complexity index is 679. The van der Waals surface area contributed by atoms with Crippen molar-refractivity contribution in [2.75, 3.05) is 6.61 Å². The quantitative estimate of drug-likeness (QED) is 0.861. The first-order chi connectivity index (χ1) is 10.1. The van der Waals surface area contributed by atoms with Crippen LogP contribution in [-0.2, 0) is 11.3 Å². The van der Waals surface area contributed by atoms with E-state index < -0.39 is 5.97 Å². The number of ether oxygens (including phenoxy) is 1. The number of aromatic nitrogens is 2. The van der Waals surface area contributed by atoms with E-state index >= 15 is 0 Å². The van der Waals surface area contributed by atoms with Gasteiger partial charge in [-0.05, 0) is 31.0 Å². The van der Waals surface area contributed by atoms with E-state index in [1.807, 2.05) is 11.5 Å². The molecule has 1 aliphatic rings. The van der Waals surface area contributed by atoms with Gasteiger partial charge in [0, 0.05) is 6.61 Å². The second kappa shape index (κ2) is 5.66. The number of carbonyl (C=O) groups is 1. The molecule has 0 radical (unpaired) electrons. The van der Waals surface area contributed by atoms with Crippen LogP contribution >= 0.6 is 11.6 Å². The number of alkyl halides is 1. The van der Waals surface area contributed by atoms with Gasteiger partial charge in [-0.25, -0.2) is 9.78 Å². The number of hydrogen-bond donors (Lipinski definition) is 1. The number of carboxylic acid groups (broad SMARTS) is 1. The van der Waals surface area contributed by atoms with Gasteiger partial charge in [0.25, 0.3) is 0 Å². The lowest BCUT2D eigenvalue weighted by Crippen LogP contribution is -2.31. The second-order valence-electron chi connectivity index (χ2n) is 5.25. The van der Waals surface area contributed by atoms with Crippen LogP contribution in [0.5, 0.6) is 0 Å². The van der Waals surface area contributed by atoms with Crippen molar-refractivity contribution in [1.29, 1.82) is 0 Å². The average Bonchev–Trinajstić information content (AvgIpc) is 2.79. The summed E-state index contributed by atoms with van der Waals surface area (Å²) in [5, 5.41) is 8.97. The van der Waals surface area contributed by atoms with Crippen LogP contribution in [0.15, 0.2) is 18.2 Å². The summed E-state index contributed by atoms with van der Waals surface area (Å²) in [6, 6.07) is 4.96. The normalized spacial score (nSPS) is 19.4. The van der Waals surface area contributed by atoms with Crippen molar-refractivity contribution >= 4 is 28.6 Å². The molecular weight excluding hydrogens is 292 g/mol. The fraction of sp³-hybridized carbons (Fsp3) is 0.467. The number of rotatable bonds is 5. The highest BCUT2D eigenvalue weighted by Crippen LogP contribution is 2.29. The Morgan fingerprint density at radius 3 is 2.95 bits per heavy atom. The van der Waals surface area contributed by atoms with E-state index in [4.69, 9.17) is 21.4 Å². The molecule has 2 heterocycles. The van der Waals surface area contributed by atoms with Crippen LogP contribution in [0.1, 0.15) is 41.3 Å². The molecular formula is C15H17ClN2O3. The average molecular weight is 309 g/mol. The number of hydrogen-bond acceptors (Lipinski definition) is 3. The van der Waals surface area contributed by atoms with Crippen LogP contribution in [0, 0.1) is 0 Å². The summed E-state index contributed by atoms with van der Waals surface area (Å²) >= 11 is 6.37. The van der Waals surface area contributed by atoms with Gasteiger partial charge in [0.2, 0.25) is 0 Å². The Morgan fingerprint density at radius 1 is 1.62 bits per heavy atom. The molecule has 5 nitrogen and oxygen atoms in total. The van der Waals surface area contributed by atoms with Gasteiger partial charge in [-0.1, -0.05) is 6.92 Å². The first-order valence-corrected chi connectivity index (χ1v) is 7.53. The van der Waals surface area contributed by atoms with Gasteiger partial charge in [0.15, 0.2) is 0 Å². The third-order valence-corrected chi connectivity index (χ3v) is 4.35. The Kier molecular flexibility index (Phi) is 3.87. The van der Waals surface area contributed by atoms with Crippen LogP contribution in [0.2, 0.25) is 0 Å². The molecule has 0 amide bonds. The zero-order valence-corrected chi connectivity index (χ0v) is 12.5. The van der Waals surface area contributed by atoms with E-state index in [-0.39, 0.29) is 17.0 Å². The molecule has 1 saturated heterocycles. The summed E-state index contributed by atoms with van der Waals surface area (Å²) < 4.78 is 7.50. The van der Waals surface area contributed by atoms with Gasteiger partial charge >= 0.3 is 5.97 Å². The number of carboxylic acids is 1. The molecule has 0 unspecified atom stereocenters. The maximum atomic E-state index is 11.2. The molecule has 3 rings (SSSR count). The highest BCUT2D eigenvalue weighted by Gasteiger charge is 2.24. The van der Waals surface area contributed by atoms with Crippen LogP contribution in [0.3, 0.4) is 0 Å². The molecule has 21 heavy (non-hydrogen) atoms. The Morgan fingerprint density at radius 2 is 2.38 bits per heavy atom. The minimum Gasteiger partial charge on any atom is -0.478 e. The molecule has 2 aromatic rings. The minimum atomic E-state index is -0.941. The summed E-state index contributed by atoms with van der Waals surface area (Å²) in [6.07, 6.45) is 1.94. The third-order valence-electron chi connectivity index (χ3n) is 3.84. The molecule has 1 aromatic heterocycles. The number of imidazole rings is 1. The molecule has 1 N–H and O–H groups in total. The largest absolute Gasteiger partial charge is 0.478 e. The number of aromatic carboxylic acids is 1. The summed E-state index contributed by atoms with van der Waals surface area (Å²) in [5.41, 5.74) is 1.83. The van der Waals surface area contributed by atoms with Crippen molar-refractivity contribution < 1.29 is 14.6 Å². The molecule has 0 spiro atoms. The smallest absolute Gasteiger partial charge is 0.335 e. The summed E-state index contributed by atoms with van der Waals surface area (Å²) in [4.78, 5) is 15.7. The Labute approximate surface area is 127 Å². The van der Waals surface area contributed by atoms with E-state index in [0.29, 0.717) is 6.54 Å². The minimum absolute atomic E-state index is 0.162. The van der Waals surface area contributed by atoms with Crippen molar-refractivity contribution in [3.05, 3.63) is 29.6 Å². The lowest BCUT2D eigenvalue weighted by molar-refractivity contribution is -0.0590. The summed E-state index contributed by atoms with van der Waals surface area (Å²) in [6.45, 7) is 3.45. The zero-order valence-electron chi connectivity index (χ0n) is 11.8. The predicted octanol–water partition coefficient (Wildman–Crippen LogP) is 3.21. The third kappa shape index (κ3) is 2.63. The topological polar surface area (TPSA) is 64.3 Å². The van der Waals surface area contributed by atoms with Crippen LogP contribution in [0.4, 0.5) is 0 Å². The van der Waals surface area contributed by atoms with Crippen LogP contribution < -0.4 is 0 Å². The van der Waals surface area contributed by atoms with E-state index in [0.717, 1.165) is 36.3 Å². The van der Waals surface area contributed by atoms with Gasteiger partial charge in [0.1, 0.15) is 5.82 Å². The molecule has 6 heteroatoms. The van der Waals surface area contributed by atoms with Crippen LogP contribution in [0.25, 0.3) is 11.0 Å². The molecule has 1 aliphatic heterocycles. The van der Waals surface area contributed by atoms with Gasteiger partial charge in [-0.2, -0.15) is 0 Å². The summed E-state index contributed by atoms with van der Waals surface area (Å²) in [5.74, 6) is -0.156. The number of benzene rings is 1. The highest BCUT2D eigenvalue weighted by atomic mass is 35.5. The maximum Gasteiger partial charge on any atom is 0.335 e. The molecule has 2 atom stereocenters. The second-order valence-corrected chi connectivity index (χ2v) is 5.77. The van der Waals surface area contributed by atoms with Gasteiger partial charge in [0.05, 0.1) is 34.6 Å². The zero-order chi connectivity index (χ0) is 15.0. The van der Waals surface area contributed by atoms with Gasteiger partial charge < -0.3 is 14.4 Å². The molecule has 0 bridgehead atoms. The van der Waals surface area contributed by atoms with E-state index in [1.165, 1.54) is 0 Å². The monoisotopic (exact) mass is 308 g/mol. The number of nitrogens with zero attached hydrogens (tertiary/aromatic N) is 2. The molecule has 0 saturated carbocycles. The van der Waals surface area contributed by atoms with Gasteiger partial charge in [-0.3, -0.25) is 0 Å². The lowest BCUT2D eigenvalue weighted by Gasteiger charge is -2.28. The number of halogens is 1. The molecule has 112 valence electrons. The lowest BCUT2D eigenvalue weighted by atomic mass is 10.1. The van der Waals surface area contributed by atoms with E-state index in [9.17, 15) is 4.79 Å². The van der Waals surface area contributed by atoms with Crippen molar-refractivity contribution in [1.82, 2.24) is 9.55 Å². The highest BCUT2D eigenvalue weighted by molar-refractivity contribution is 6.20. The van der Waals surface area contributed by atoms with E-state index in [1.54, 1.807) is 18.2 Å². The van der Waals surface area contributed by atoms with E-state index in [2.05, 4.69) is 4.98 Å². The summed E-state index contributed by atoms with van der Waals surface area (Å²) in [7, 11) is 0. The standard InChI is InChI=1S/C15H17ClN2O3/c1-2-11(16)14-17-12-4-3-9(15(19)20)7-13(12)18(14)8-10-5-6-21-10/h3-4,7,10-11H,2,5-6,8H2,1H3,(H,19,20)/t10-,11-/m0/s1. The number of fused-ring (bicyclic) bond motifs is 1. The first-order valence-electron chi connectivity index (χ1n) is 7.09. The predicted molar refractivity (Wildman–Crippen MR) is 79.9 cm³/mol. The maximum absolute atomic E-state index is 11.2. The van der Waals surface area contributed by atoms with Crippen molar-refractivity contribution in [2.24, 2.45) is 0 Å². The van der Waals surface area contributed by atoms with Gasteiger partial charge in [-0.15, -0.1) is 11.6 Å². The van der Waals surface area contributed by atoms with Crippen molar-refractivity contribution in [3.63, 3.8) is 0 Å². The fourth-order valence-electron chi connectivity index (χ4n) is 2.52. The SMILES string of the molecule is CC[C@H](Cl)c1nc2ccc(C(=O)O)cc2n1C[C@@H]1CCO1. The molecule has 0 aliphatic carbocycles.